The highest BCUT2D eigenvalue weighted by Crippen LogP contribution is 2.31. The highest BCUT2D eigenvalue weighted by atomic mass is 15.2. The van der Waals surface area contributed by atoms with Gasteiger partial charge in [0, 0.05) is 24.7 Å². The Labute approximate surface area is 113 Å². The molecule has 1 aliphatic carbocycles. The normalized spacial score (nSPS) is 33.3. The number of hydrogen-bond donors (Lipinski definition) is 1. The molecule has 106 valence electrons. The minimum Gasteiger partial charge on any atom is -0.314 e. The molecule has 3 unspecified atom stereocenters. The fourth-order valence-electron chi connectivity index (χ4n) is 3.43. The fourth-order valence-corrected chi connectivity index (χ4v) is 3.43. The molecule has 1 heterocycles. The van der Waals surface area contributed by atoms with Crippen LogP contribution in [-0.2, 0) is 0 Å². The zero-order valence-electron chi connectivity index (χ0n) is 12.7. The van der Waals surface area contributed by atoms with Gasteiger partial charge in [-0.25, -0.2) is 0 Å². The Hall–Kier alpha value is -0.120. The average molecular weight is 253 g/mol. The molecule has 0 aromatic rings. The molecule has 1 N–H and O–H groups in total. The van der Waals surface area contributed by atoms with Crippen molar-refractivity contribution in [2.45, 2.75) is 57.7 Å². The van der Waals surface area contributed by atoms with Crippen molar-refractivity contribution in [3.05, 3.63) is 0 Å². The predicted molar refractivity (Wildman–Crippen MR) is 77.9 cm³/mol. The SMILES string of the molecule is CC(C)NCC1CCC1N(C)CC1CCCN1C. The first-order chi connectivity index (χ1) is 8.58. The number of nitrogens with zero attached hydrogens (tertiary/aromatic N) is 2. The Morgan fingerprint density at radius 2 is 2.06 bits per heavy atom. The predicted octanol–water partition coefficient (Wildman–Crippen LogP) is 1.79. The number of likely N-dealkylation sites (tertiary alicyclic amines) is 1. The molecule has 3 atom stereocenters. The summed E-state index contributed by atoms with van der Waals surface area (Å²) in [7, 11) is 4.61. The van der Waals surface area contributed by atoms with Crippen molar-refractivity contribution in [3.8, 4) is 0 Å². The van der Waals surface area contributed by atoms with Gasteiger partial charge in [0.2, 0.25) is 0 Å². The maximum absolute atomic E-state index is 3.60. The van der Waals surface area contributed by atoms with E-state index in [2.05, 4.69) is 43.1 Å². The number of nitrogens with one attached hydrogen (secondary N) is 1. The van der Waals surface area contributed by atoms with E-state index in [-0.39, 0.29) is 0 Å². The maximum atomic E-state index is 3.60. The van der Waals surface area contributed by atoms with Crippen molar-refractivity contribution >= 4 is 0 Å². The van der Waals surface area contributed by atoms with Crippen LogP contribution in [0.25, 0.3) is 0 Å². The van der Waals surface area contributed by atoms with Crippen molar-refractivity contribution in [1.29, 1.82) is 0 Å². The Morgan fingerprint density at radius 1 is 1.28 bits per heavy atom. The van der Waals surface area contributed by atoms with E-state index in [0.717, 1.165) is 18.0 Å². The molecule has 2 rings (SSSR count). The molecule has 3 nitrogen and oxygen atoms in total. The lowest BCUT2D eigenvalue weighted by atomic mass is 9.78. The van der Waals surface area contributed by atoms with Gasteiger partial charge in [0.25, 0.3) is 0 Å². The summed E-state index contributed by atoms with van der Waals surface area (Å²) >= 11 is 0. The van der Waals surface area contributed by atoms with Crippen LogP contribution in [0.3, 0.4) is 0 Å². The van der Waals surface area contributed by atoms with Crippen LogP contribution in [0.15, 0.2) is 0 Å². The summed E-state index contributed by atoms with van der Waals surface area (Å²) in [6, 6.07) is 2.25. The van der Waals surface area contributed by atoms with E-state index in [0.29, 0.717) is 6.04 Å². The third-order valence-corrected chi connectivity index (χ3v) is 4.90. The number of rotatable bonds is 6. The highest BCUT2D eigenvalue weighted by molar-refractivity contribution is 4.91. The third-order valence-electron chi connectivity index (χ3n) is 4.90. The van der Waals surface area contributed by atoms with Crippen molar-refractivity contribution in [2.75, 3.05) is 33.7 Å². The van der Waals surface area contributed by atoms with Gasteiger partial charge in [-0.2, -0.15) is 0 Å². The zero-order chi connectivity index (χ0) is 13.1. The lowest BCUT2D eigenvalue weighted by Crippen LogP contribution is -2.52. The third kappa shape index (κ3) is 3.46. The van der Waals surface area contributed by atoms with E-state index in [1.54, 1.807) is 0 Å². The van der Waals surface area contributed by atoms with Crippen LogP contribution in [0, 0.1) is 5.92 Å². The molecule has 0 radical (unpaired) electrons. The molecule has 1 aliphatic heterocycles. The van der Waals surface area contributed by atoms with Crippen LogP contribution < -0.4 is 5.32 Å². The quantitative estimate of drug-likeness (QED) is 0.778. The minimum absolute atomic E-state index is 0.623. The Morgan fingerprint density at radius 3 is 2.56 bits per heavy atom. The van der Waals surface area contributed by atoms with Gasteiger partial charge in [-0.15, -0.1) is 0 Å². The van der Waals surface area contributed by atoms with Crippen LogP contribution in [-0.4, -0.2) is 61.7 Å². The fraction of sp³-hybridized carbons (Fsp3) is 1.00. The summed E-state index contributed by atoms with van der Waals surface area (Å²) < 4.78 is 0. The molecule has 18 heavy (non-hydrogen) atoms. The molecule has 3 heteroatoms. The monoisotopic (exact) mass is 253 g/mol. The van der Waals surface area contributed by atoms with E-state index in [4.69, 9.17) is 0 Å². The smallest absolute Gasteiger partial charge is 0.0220 e. The van der Waals surface area contributed by atoms with Crippen molar-refractivity contribution in [1.82, 2.24) is 15.1 Å². The second kappa shape index (κ2) is 6.36. The summed E-state index contributed by atoms with van der Waals surface area (Å²) in [5.41, 5.74) is 0. The van der Waals surface area contributed by atoms with E-state index in [1.165, 1.54) is 45.3 Å². The Kier molecular flexibility index (Phi) is 5.05. The standard InChI is InChI=1S/C15H31N3/c1-12(2)16-10-13-7-8-15(13)18(4)11-14-6-5-9-17(14)3/h12-16H,5-11H2,1-4H3. The van der Waals surface area contributed by atoms with Gasteiger partial charge in [0.1, 0.15) is 0 Å². The van der Waals surface area contributed by atoms with E-state index >= 15 is 0 Å². The van der Waals surface area contributed by atoms with Crippen LogP contribution >= 0.6 is 0 Å². The highest BCUT2D eigenvalue weighted by Gasteiger charge is 2.35. The van der Waals surface area contributed by atoms with Crippen molar-refractivity contribution in [3.63, 3.8) is 0 Å². The first-order valence-corrected chi connectivity index (χ1v) is 7.71. The lowest BCUT2D eigenvalue weighted by molar-refractivity contribution is 0.0648. The van der Waals surface area contributed by atoms with Gasteiger partial charge in [-0.05, 0) is 58.8 Å². The minimum atomic E-state index is 0.623. The van der Waals surface area contributed by atoms with Gasteiger partial charge in [-0.1, -0.05) is 13.8 Å². The van der Waals surface area contributed by atoms with Gasteiger partial charge in [-0.3, -0.25) is 0 Å². The summed E-state index contributed by atoms with van der Waals surface area (Å²) in [6.45, 7) is 8.24. The second-order valence-electron chi connectivity index (χ2n) is 6.68. The number of hydrogen-bond acceptors (Lipinski definition) is 3. The first kappa shape index (κ1) is 14.3. The molecule has 0 amide bonds. The molecule has 1 saturated carbocycles. The van der Waals surface area contributed by atoms with Crippen molar-refractivity contribution in [2.24, 2.45) is 5.92 Å². The van der Waals surface area contributed by atoms with Gasteiger partial charge in [0.05, 0.1) is 0 Å². The van der Waals surface area contributed by atoms with E-state index in [1.807, 2.05) is 0 Å². The summed E-state index contributed by atoms with van der Waals surface area (Å²) in [5, 5.41) is 3.60. The topological polar surface area (TPSA) is 18.5 Å². The van der Waals surface area contributed by atoms with Gasteiger partial charge in [0.15, 0.2) is 0 Å². The van der Waals surface area contributed by atoms with E-state index < -0.39 is 0 Å². The molecule has 2 aliphatic rings. The van der Waals surface area contributed by atoms with Gasteiger partial charge >= 0.3 is 0 Å². The molecule has 0 bridgehead atoms. The molecule has 2 fully saturated rings. The molecular formula is C15H31N3. The summed E-state index contributed by atoms with van der Waals surface area (Å²) in [6.07, 6.45) is 5.59. The van der Waals surface area contributed by atoms with Crippen molar-refractivity contribution < 1.29 is 0 Å². The molecule has 1 saturated heterocycles. The van der Waals surface area contributed by atoms with Crippen LogP contribution in [0.1, 0.15) is 39.5 Å². The second-order valence-corrected chi connectivity index (χ2v) is 6.68. The zero-order valence-corrected chi connectivity index (χ0v) is 12.7. The Balaban J connectivity index is 1.73. The van der Waals surface area contributed by atoms with Crippen LogP contribution in [0.2, 0.25) is 0 Å². The summed E-state index contributed by atoms with van der Waals surface area (Å²) in [5.74, 6) is 0.879. The molecule has 0 spiro atoms. The van der Waals surface area contributed by atoms with E-state index in [9.17, 15) is 0 Å². The largest absolute Gasteiger partial charge is 0.314 e. The van der Waals surface area contributed by atoms with Gasteiger partial charge < -0.3 is 15.1 Å². The van der Waals surface area contributed by atoms with Crippen LogP contribution in [0.4, 0.5) is 0 Å². The van der Waals surface area contributed by atoms with Crippen LogP contribution in [0.5, 0.6) is 0 Å². The molecule has 0 aromatic heterocycles. The Bertz CT molecular complexity index is 254. The lowest BCUT2D eigenvalue weighted by Gasteiger charge is -2.44. The average Bonchev–Trinajstić information content (AvgIpc) is 2.62. The summed E-state index contributed by atoms with van der Waals surface area (Å²) in [4.78, 5) is 5.17. The molecule has 0 aromatic carbocycles. The first-order valence-electron chi connectivity index (χ1n) is 7.71. The molecular weight excluding hydrogens is 222 g/mol. The number of likely N-dealkylation sites (N-methyl/N-ethyl adjacent to an activating group) is 2. The maximum Gasteiger partial charge on any atom is 0.0220 e.